The summed E-state index contributed by atoms with van der Waals surface area (Å²) < 4.78 is 13.1. The van der Waals surface area contributed by atoms with Gasteiger partial charge in [-0.05, 0) is 49.0 Å². The minimum Gasteiger partial charge on any atom is -0.332 e. The Hall–Kier alpha value is -2.24. The number of thiocarbonyl (C=S) groups is 1. The summed E-state index contributed by atoms with van der Waals surface area (Å²) in [6.45, 7) is 1.99. The monoisotopic (exact) mass is 348 g/mol. The zero-order valence-electron chi connectivity index (χ0n) is 12.3. The van der Waals surface area contributed by atoms with Crippen molar-refractivity contribution in [1.29, 1.82) is 0 Å². The summed E-state index contributed by atoms with van der Waals surface area (Å²) in [4.78, 5) is 11.8. The van der Waals surface area contributed by atoms with Gasteiger partial charge in [0.15, 0.2) is 5.11 Å². The summed E-state index contributed by atoms with van der Waals surface area (Å²) in [5.74, 6) is -0.885. The summed E-state index contributed by atoms with van der Waals surface area (Å²) >= 11 is 10.7. The number of benzene rings is 2. The molecular formula is C17H14ClFN2OS. The van der Waals surface area contributed by atoms with Gasteiger partial charge in [-0.3, -0.25) is 10.1 Å². The van der Waals surface area contributed by atoms with Gasteiger partial charge in [0.25, 0.3) is 0 Å². The molecule has 1 amide bonds. The lowest BCUT2D eigenvalue weighted by atomic mass is 10.1. The van der Waals surface area contributed by atoms with Gasteiger partial charge >= 0.3 is 0 Å². The first-order valence-corrected chi connectivity index (χ1v) is 7.54. The maximum absolute atomic E-state index is 13.1. The number of anilines is 1. The molecule has 0 saturated heterocycles. The second kappa shape index (κ2) is 7.85. The lowest BCUT2D eigenvalue weighted by Gasteiger charge is -2.08. The largest absolute Gasteiger partial charge is 0.332 e. The molecule has 6 heteroatoms. The van der Waals surface area contributed by atoms with E-state index in [1.807, 2.05) is 31.2 Å². The van der Waals surface area contributed by atoms with Crippen LogP contribution in [-0.2, 0) is 4.79 Å². The van der Waals surface area contributed by atoms with Crippen LogP contribution in [0.25, 0.3) is 6.08 Å². The van der Waals surface area contributed by atoms with Crippen LogP contribution in [0.5, 0.6) is 0 Å². The van der Waals surface area contributed by atoms with Crippen molar-refractivity contribution in [2.45, 2.75) is 6.92 Å². The second-order valence-corrected chi connectivity index (χ2v) is 5.63. The average molecular weight is 349 g/mol. The molecule has 3 nitrogen and oxygen atoms in total. The van der Waals surface area contributed by atoms with Gasteiger partial charge in [-0.25, -0.2) is 4.39 Å². The highest BCUT2D eigenvalue weighted by Crippen LogP contribution is 2.19. The number of hydrogen-bond acceptors (Lipinski definition) is 2. The Labute approximate surface area is 144 Å². The van der Waals surface area contributed by atoms with Gasteiger partial charge in [-0.2, -0.15) is 0 Å². The Bertz CT molecular complexity index is 760. The highest BCUT2D eigenvalue weighted by molar-refractivity contribution is 7.80. The molecule has 0 aromatic heterocycles. The van der Waals surface area contributed by atoms with Crippen molar-refractivity contribution >= 4 is 46.6 Å². The lowest BCUT2D eigenvalue weighted by Crippen LogP contribution is -2.32. The molecule has 0 aliphatic carbocycles. The second-order valence-electron chi connectivity index (χ2n) is 4.82. The van der Waals surface area contributed by atoms with Crippen LogP contribution in [0.3, 0.4) is 0 Å². The van der Waals surface area contributed by atoms with E-state index in [0.29, 0.717) is 5.69 Å². The third-order valence-electron chi connectivity index (χ3n) is 2.92. The summed E-state index contributed by atoms with van der Waals surface area (Å²) in [5.41, 5.74) is 2.55. The van der Waals surface area contributed by atoms with E-state index in [-0.39, 0.29) is 16.0 Å². The van der Waals surface area contributed by atoms with Crippen LogP contribution in [0, 0.1) is 12.7 Å². The van der Waals surface area contributed by atoms with E-state index in [2.05, 4.69) is 10.6 Å². The molecule has 0 fully saturated rings. The highest BCUT2D eigenvalue weighted by Gasteiger charge is 2.04. The summed E-state index contributed by atoms with van der Waals surface area (Å²) in [6.07, 6.45) is 3.07. The van der Waals surface area contributed by atoms with E-state index in [1.165, 1.54) is 24.3 Å². The number of carbonyl (C=O) groups is 1. The van der Waals surface area contributed by atoms with E-state index in [0.717, 1.165) is 11.1 Å². The molecule has 2 aromatic rings. The quantitative estimate of drug-likeness (QED) is 0.641. The Morgan fingerprint density at radius 2 is 1.91 bits per heavy atom. The maximum Gasteiger partial charge on any atom is 0.250 e. The smallest absolute Gasteiger partial charge is 0.250 e. The van der Waals surface area contributed by atoms with Crippen LogP contribution in [0.2, 0.25) is 5.02 Å². The number of rotatable bonds is 3. The number of halogens is 2. The number of hydrogen-bond donors (Lipinski definition) is 2. The van der Waals surface area contributed by atoms with Crippen LogP contribution in [-0.4, -0.2) is 11.0 Å². The molecule has 0 aliphatic rings. The molecule has 0 aliphatic heterocycles. The normalized spacial score (nSPS) is 10.6. The lowest BCUT2D eigenvalue weighted by molar-refractivity contribution is -0.115. The van der Waals surface area contributed by atoms with E-state index in [4.69, 9.17) is 23.8 Å². The molecule has 118 valence electrons. The van der Waals surface area contributed by atoms with Gasteiger partial charge < -0.3 is 5.32 Å². The van der Waals surface area contributed by atoms with Crippen molar-refractivity contribution in [2.24, 2.45) is 0 Å². The van der Waals surface area contributed by atoms with Crippen molar-refractivity contribution < 1.29 is 9.18 Å². The molecule has 0 bridgehead atoms. The maximum atomic E-state index is 13.1. The van der Waals surface area contributed by atoms with E-state index >= 15 is 0 Å². The number of carbonyl (C=O) groups excluding carboxylic acids is 1. The SMILES string of the molecule is Cc1ccc(C=CC(=O)NC(=S)Nc2ccc(F)c(Cl)c2)cc1. The Balaban J connectivity index is 1.90. The zero-order valence-corrected chi connectivity index (χ0v) is 13.8. The third-order valence-corrected chi connectivity index (χ3v) is 3.41. The Morgan fingerprint density at radius 1 is 1.22 bits per heavy atom. The summed E-state index contributed by atoms with van der Waals surface area (Å²) in [5, 5.41) is 5.34. The fourth-order valence-electron chi connectivity index (χ4n) is 1.74. The standard InChI is InChI=1S/C17H14ClFN2OS/c1-11-2-4-12(5-3-11)6-9-16(22)21-17(23)20-13-7-8-15(19)14(18)10-13/h2-10H,1H3,(H2,20,21,22,23). The molecule has 0 saturated carbocycles. The highest BCUT2D eigenvalue weighted by atomic mass is 35.5. The number of nitrogens with one attached hydrogen (secondary N) is 2. The third kappa shape index (κ3) is 5.47. The number of amides is 1. The molecule has 0 atom stereocenters. The van der Waals surface area contributed by atoms with Crippen molar-refractivity contribution in [3.8, 4) is 0 Å². The Kier molecular flexibility index (Phi) is 5.84. The molecular weight excluding hydrogens is 335 g/mol. The first kappa shape index (κ1) is 17.1. The van der Waals surface area contributed by atoms with Crippen molar-refractivity contribution in [3.05, 3.63) is 70.5 Å². The summed E-state index contributed by atoms with van der Waals surface area (Å²) in [6, 6.07) is 11.8. The summed E-state index contributed by atoms with van der Waals surface area (Å²) in [7, 11) is 0. The van der Waals surface area contributed by atoms with Crippen LogP contribution in [0.15, 0.2) is 48.5 Å². The Morgan fingerprint density at radius 3 is 2.57 bits per heavy atom. The van der Waals surface area contributed by atoms with Gasteiger partial charge in [-0.1, -0.05) is 41.4 Å². The van der Waals surface area contributed by atoms with E-state index in [1.54, 1.807) is 6.08 Å². The predicted octanol–water partition coefficient (Wildman–Crippen LogP) is 4.31. The molecule has 23 heavy (non-hydrogen) atoms. The van der Waals surface area contributed by atoms with Gasteiger partial charge in [-0.15, -0.1) is 0 Å². The molecule has 2 aromatic carbocycles. The topological polar surface area (TPSA) is 41.1 Å². The van der Waals surface area contributed by atoms with Gasteiger partial charge in [0.05, 0.1) is 5.02 Å². The van der Waals surface area contributed by atoms with Crippen LogP contribution < -0.4 is 10.6 Å². The van der Waals surface area contributed by atoms with Gasteiger partial charge in [0, 0.05) is 11.8 Å². The van der Waals surface area contributed by atoms with E-state index < -0.39 is 5.82 Å². The van der Waals surface area contributed by atoms with Gasteiger partial charge in [0.2, 0.25) is 5.91 Å². The fourth-order valence-corrected chi connectivity index (χ4v) is 2.14. The molecule has 2 rings (SSSR count). The van der Waals surface area contributed by atoms with Crippen LogP contribution >= 0.6 is 23.8 Å². The van der Waals surface area contributed by atoms with Crippen LogP contribution in [0.1, 0.15) is 11.1 Å². The van der Waals surface area contributed by atoms with E-state index in [9.17, 15) is 9.18 Å². The minimum absolute atomic E-state index is 0.0246. The van der Waals surface area contributed by atoms with Crippen molar-refractivity contribution in [2.75, 3.05) is 5.32 Å². The zero-order chi connectivity index (χ0) is 16.8. The molecule has 2 N–H and O–H groups in total. The number of aryl methyl sites for hydroxylation is 1. The molecule has 0 radical (unpaired) electrons. The fraction of sp³-hybridized carbons (Fsp3) is 0.0588. The van der Waals surface area contributed by atoms with Crippen molar-refractivity contribution in [3.63, 3.8) is 0 Å². The van der Waals surface area contributed by atoms with Crippen LogP contribution in [0.4, 0.5) is 10.1 Å². The van der Waals surface area contributed by atoms with Gasteiger partial charge in [0.1, 0.15) is 5.82 Å². The molecule has 0 heterocycles. The minimum atomic E-state index is -0.520. The average Bonchev–Trinajstić information content (AvgIpc) is 2.50. The first-order valence-electron chi connectivity index (χ1n) is 6.76. The molecule has 0 spiro atoms. The van der Waals surface area contributed by atoms with Crippen molar-refractivity contribution in [1.82, 2.24) is 5.32 Å². The molecule has 0 unspecified atom stereocenters. The first-order chi connectivity index (χ1) is 10.9. The predicted molar refractivity (Wildman–Crippen MR) is 96.0 cm³/mol.